The average Bonchev–Trinajstić information content (AvgIpc) is 1.88. The molecule has 0 bridgehead atoms. The highest BCUT2D eigenvalue weighted by Crippen LogP contribution is 2.06. The number of hydrogen-bond acceptors (Lipinski definition) is 1. The lowest BCUT2D eigenvalue weighted by molar-refractivity contribution is 1.23. The van der Waals surface area contributed by atoms with Crippen molar-refractivity contribution >= 4 is 46.6 Å². The van der Waals surface area contributed by atoms with Gasteiger partial charge in [-0.15, -0.1) is 24.0 Å². The van der Waals surface area contributed by atoms with Crippen LogP contribution in [0.25, 0.3) is 0 Å². The van der Waals surface area contributed by atoms with Gasteiger partial charge in [-0.2, -0.15) is 0 Å². The Labute approximate surface area is 84.7 Å². The van der Waals surface area contributed by atoms with Crippen LogP contribution in [0.15, 0.2) is 18.5 Å². The fourth-order valence-electron chi connectivity index (χ4n) is 0.529. The highest BCUT2D eigenvalue weighted by atomic mass is 127. The van der Waals surface area contributed by atoms with E-state index in [0.29, 0.717) is 5.88 Å². The molecule has 1 heterocycles. The number of alkyl halides is 1. The molecule has 0 aliphatic carbocycles. The van der Waals surface area contributed by atoms with E-state index < -0.39 is 0 Å². The Morgan fingerprint density at radius 3 is 2.60 bits per heavy atom. The normalized spacial score (nSPS) is 8.60. The largest absolute Gasteiger partial charge is 0.263 e. The molecule has 0 aromatic carbocycles. The molecule has 0 amide bonds. The zero-order valence-corrected chi connectivity index (χ0v) is 8.78. The summed E-state index contributed by atoms with van der Waals surface area (Å²) >= 11 is 7.76. The third-order valence-corrected chi connectivity index (χ3v) is 1.81. The quantitative estimate of drug-likeness (QED) is 0.572. The molecule has 0 saturated heterocycles. The number of nitrogens with zero attached hydrogens (tertiary/aromatic N) is 1. The van der Waals surface area contributed by atoms with Crippen molar-refractivity contribution in [3.05, 3.63) is 27.6 Å². The van der Waals surface area contributed by atoms with Crippen LogP contribution in [-0.2, 0) is 5.88 Å². The lowest BCUT2D eigenvalue weighted by atomic mass is 10.3. The van der Waals surface area contributed by atoms with Gasteiger partial charge in [0.25, 0.3) is 0 Å². The molecule has 0 unspecified atom stereocenters. The Balaban J connectivity index is 0.000000810. The summed E-state index contributed by atoms with van der Waals surface area (Å²) < 4.78 is 1.13. The Morgan fingerprint density at radius 1 is 1.50 bits per heavy atom. The van der Waals surface area contributed by atoms with Crippen molar-refractivity contribution in [1.82, 2.24) is 4.98 Å². The fourth-order valence-corrected chi connectivity index (χ4v) is 1.24. The van der Waals surface area contributed by atoms with Crippen molar-refractivity contribution in [3.8, 4) is 0 Å². The van der Waals surface area contributed by atoms with Crippen molar-refractivity contribution < 1.29 is 0 Å². The summed E-state index contributed by atoms with van der Waals surface area (Å²) in [5.41, 5.74) is 1.07. The van der Waals surface area contributed by atoms with E-state index in [0.717, 1.165) is 9.13 Å². The minimum atomic E-state index is 0. The SMILES string of the molecule is Cl.ClCc1cncc(I)c1. The van der Waals surface area contributed by atoms with E-state index in [1.165, 1.54) is 0 Å². The number of rotatable bonds is 1. The summed E-state index contributed by atoms with van der Waals surface area (Å²) in [7, 11) is 0. The molecule has 0 aliphatic heterocycles. The van der Waals surface area contributed by atoms with Gasteiger partial charge < -0.3 is 0 Å². The summed E-state index contributed by atoms with van der Waals surface area (Å²) in [6, 6.07) is 2.01. The Morgan fingerprint density at radius 2 is 2.20 bits per heavy atom. The van der Waals surface area contributed by atoms with E-state index in [4.69, 9.17) is 11.6 Å². The minimum Gasteiger partial charge on any atom is -0.263 e. The van der Waals surface area contributed by atoms with E-state index >= 15 is 0 Å². The smallest absolute Gasteiger partial charge is 0.0489 e. The molecule has 1 aromatic rings. The number of pyridine rings is 1. The molecule has 0 N–H and O–H groups in total. The van der Waals surface area contributed by atoms with Crippen molar-refractivity contribution in [2.24, 2.45) is 0 Å². The van der Waals surface area contributed by atoms with Crippen LogP contribution in [0.2, 0.25) is 0 Å². The van der Waals surface area contributed by atoms with E-state index in [1.54, 1.807) is 12.4 Å². The van der Waals surface area contributed by atoms with E-state index in [9.17, 15) is 0 Å². The first-order valence-corrected chi connectivity index (χ1v) is 4.09. The fraction of sp³-hybridized carbons (Fsp3) is 0.167. The van der Waals surface area contributed by atoms with E-state index in [1.807, 2.05) is 6.07 Å². The molecule has 10 heavy (non-hydrogen) atoms. The maximum Gasteiger partial charge on any atom is 0.0489 e. The highest BCUT2D eigenvalue weighted by molar-refractivity contribution is 14.1. The molecule has 1 aromatic heterocycles. The summed E-state index contributed by atoms with van der Waals surface area (Å²) in [5.74, 6) is 0.545. The van der Waals surface area contributed by atoms with Crippen molar-refractivity contribution in [2.45, 2.75) is 5.88 Å². The molecule has 1 nitrogen and oxygen atoms in total. The average molecular weight is 290 g/mol. The van der Waals surface area contributed by atoms with Gasteiger partial charge in [0.15, 0.2) is 0 Å². The van der Waals surface area contributed by atoms with Crippen LogP contribution >= 0.6 is 46.6 Å². The van der Waals surface area contributed by atoms with Crippen molar-refractivity contribution in [1.29, 1.82) is 0 Å². The highest BCUT2D eigenvalue weighted by Gasteiger charge is 1.89. The van der Waals surface area contributed by atoms with Crippen LogP contribution in [0, 0.1) is 3.57 Å². The van der Waals surface area contributed by atoms with E-state index in [2.05, 4.69) is 27.6 Å². The maximum atomic E-state index is 5.56. The van der Waals surface area contributed by atoms with Crippen LogP contribution < -0.4 is 0 Å². The second-order valence-corrected chi connectivity index (χ2v) is 3.16. The molecule has 56 valence electrons. The number of halogens is 3. The van der Waals surface area contributed by atoms with Gasteiger partial charge in [0, 0.05) is 21.8 Å². The lowest BCUT2D eigenvalue weighted by Gasteiger charge is -1.92. The van der Waals surface area contributed by atoms with Crippen LogP contribution in [0.3, 0.4) is 0 Å². The summed E-state index contributed by atoms with van der Waals surface area (Å²) in [6.45, 7) is 0. The van der Waals surface area contributed by atoms with Crippen LogP contribution in [0.4, 0.5) is 0 Å². The number of hydrogen-bond donors (Lipinski definition) is 0. The maximum absolute atomic E-state index is 5.56. The molecular weight excluding hydrogens is 284 g/mol. The molecule has 1 rings (SSSR count). The van der Waals surface area contributed by atoms with E-state index in [-0.39, 0.29) is 12.4 Å². The third-order valence-electron chi connectivity index (χ3n) is 0.916. The van der Waals surface area contributed by atoms with Gasteiger partial charge in [0.05, 0.1) is 0 Å². The van der Waals surface area contributed by atoms with Crippen LogP contribution in [-0.4, -0.2) is 4.98 Å². The molecule has 0 saturated carbocycles. The van der Waals surface area contributed by atoms with Gasteiger partial charge in [0.1, 0.15) is 0 Å². The monoisotopic (exact) mass is 289 g/mol. The molecule has 0 atom stereocenters. The summed E-state index contributed by atoms with van der Waals surface area (Å²) in [6.07, 6.45) is 3.58. The molecule has 0 fully saturated rings. The van der Waals surface area contributed by atoms with Crippen LogP contribution in [0.1, 0.15) is 5.56 Å². The van der Waals surface area contributed by atoms with Gasteiger partial charge in [-0.3, -0.25) is 4.98 Å². The second kappa shape index (κ2) is 5.16. The molecule has 0 radical (unpaired) electrons. The predicted molar refractivity (Wildman–Crippen MR) is 53.8 cm³/mol. The first kappa shape index (κ1) is 10.5. The van der Waals surface area contributed by atoms with Crippen molar-refractivity contribution in [2.75, 3.05) is 0 Å². The summed E-state index contributed by atoms with van der Waals surface area (Å²) in [4.78, 5) is 3.96. The third kappa shape index (κ3) is 3.03. The van der Waals surface area contributed by atoms with Gasteiger partial charge in [-0.1, -0.05) is 0 Å². The van der Waals surface area contributed by atoms with Gasteiger partial charge in [-0.25, -0.2) is 0 Å². The topological polar surface area (TPSA) is 12.9 Å². The zero-order chi connectivity index (χ0) is 6.69. The standard InChI is InChI=1S/C6H5ClIN.ClH/c7-2-5-1-6(8)4-9-3-5;/h1,3-4H,2H2;1H. The Hall–Kier alpha value is 0.460. The minimum absolute atomic E-state index is 0. The molecule has 0 spiro atoms. The van der Waals surface area contributed by atoms with Crippen molar-refractivity contribution in [3.63, 3.8) is 0 Å². The lowest BCUT2D eigenvalue weighted by Crippen LogP contribution is -1.80. The second-order valence-electron chi connectivity index (χ2n) is 1.65. The number of aromatic nitrogens is 1. The Kier molecular flexibility index (Phi) is 5.39. The predicted octanol–water partition coefficient (Wildman–Crippen LogP) is 2.85. The first-order chi connectivity index (χ1) is 4.33. The first-order valence-electron chi connectivity index (χ1n) is 2.48. The molecule has 4 heteroatoms. The van der Waals surface area contributed by atoms with Gasteiger partial charge >= 0.3 is 0 Å². The van der Waals surface area contributed by atoms with Gasteiger partial charge in [0.2, 0.25) is 0 Å². The molecule has 0 aliphatic rings. The Bertz CT molecular complexity index is 205. The zero-order valence-electron chi connectivity index (χ0n) is 5.05. The molecular formula is C6H6Cl2IN. The van der Waals surface area contributed by atoms with Crippen LogP contribution in [0.5, 0.6) is 0 Å². The van der Waals surface area contributed by atoms with Gasteiger partial charge in [-0.05, 0) is 34.2 Å². The summed E-state index contributed by atoms with van der Waals surface area (Å²) in [5, 5.41) is 0.